The van der Waals surface area contributed by atoms with Crippen LogP contribution in [0, 0.1) is 11.8 Å². The molecule has 0 aliphatic carbocycles. The number of rotatable bonds is 15. The van der Waals surface area contributed by atoms with Crippen molar-refractivity contribution in [1.29, 1.82) is 0 Å². The summed E-state index contributed by atoms with van der Waals surface area (Å²) in [6.45, 7) is 7.81. The Balaban J connectivity index is 2.17. The number of ether oxygens (including phenoxy) is 3. The van der Waals surface area contributed by atoms with Crippen LogP contribution in [-0.4, -0.2) is 62.5 Å². The highest BCUT2D eigenvalue weighted by Gasteiger charge is 2.32. The molecule has 0 aromatic heterocycles. The molecule has 0 unspecified atom stereocenters. The van der Waals surface area contributed by atoms with Gasteiger partial charge >= 0.3 is 5.97 Å². The summed E-state index contributed by atoms with van der Waals surface area (Å²) in [5.41, 5.74) is 9.42. The number of hydrogen-bond donors (Lipinski definition) is 2. The van der Waals surface area contributed by atoms with Gasteiger partial charge in [-0.2, -0.15) is 0 Å². The third-order valence-electron chi connectivity index (χ3n) is 5.80. The average molecular weight is 528 g/mol. The Labute approximate surface area is 223 Å². The van der Waals surface area contributed by atoms with E-state index in [0.29, 0.717) is 6.42 Å². The van der Waals surface area contributed by atoms with Crippen LogP contribution in [-0.2, 0) is 35.0 Å². The fourth-order valence-electron chi connectivity index (χ4n) is 4.01. The van der Waals surface area contributed by atoms with E-state index in [0.717, 1.165) is 5.56 Å². The molecule has 2 amide bonds. The third kappa shape index (κ3) is 10.4. The highest BCUT2D eigenvalue weighted by molar-refractivity contribution is 5.91. The lowest BCUT2D eigenvalue weighted by atomic mass is 9.98. The molecule has 11 nitrogen and oxygen atoms in total. The number of amides is 2. The fourth-order valence-corrected chi connectivity index (χ4v) is 4.01. The van der Waals surface area contributed by atoms with Gasteiger partial charge in [-0.1, -0.05) is 67.5 Å². The molecule has 0 spiro atoms. The lowest BCUT2D eigenvalue weighted by molar-refractivity contribution is -0.180. The van der Waals surface area contributed by atoms with Crippen molar-refractivity contribution in [2.75, 3.05) is 20.3 Å². The Bertz CT molecular complexity index is 1010. The van der Waals surface area contributed by atoms with E-state index in [4.69, 9.17) is 19.7 Å². The number of carbonyl (C=O) groups excluding carboxylic acids is 3. The van der Waals surface area contributed by atoms with Gasteiger partial charge in [0, 0.05) is 23.7 Å². The van der Waals surface area contributed by atoms with Crippen LogP contribution >= 0.6 is 0 Å². The van der Waals surface area contributed by atoms with Gasteiger partial charge in [0.25, 0.3) is 0 Å². The predicted octanol–water partition coefficient (Wildman–Crippen LogP) is 3.22. The Morgan fingerprint density at radius 3 is 2.55 bits per heavy atom. The lowest BCUT2D eigenvalue weighted by Crippen LogP contribution is -2.53. The maximum Gasteiger partial charge on any atom is 0.328 e. The van der Waals surface area contributed by atoms with Gasteiger partial charge in [0.05, 0.1) is 26.4 Å². The molecule has 11 heteroatoms. The van der Waals surface area contributed by atoms with E-state index in [2.05, 4.69) is 27.2 Å². The molecule has 0 saturated carbocycles. The van der Waals surface area contributed by atoms with Gasteiger partial charge in [-0.05, 0) is 23.4 Å². The van der Waals surface area contributed by atoms with Crippen molar-refractivity contribution in [3.63, 3.8) is 0 Å². The summed E-state index contributed by atoms with van der Waals surface area (Å²) >= 11 is 0. The molecular formula is C27H37N5O6. The van der Waals surface area contributed by atoms with Crippen LogP contribution in [0.1, 0.15) is 32.3 Å². The third-order valence-corrected chi connectivity index (χ3v) is 5.80. The van der Waals surface area contributed by atoms with Crippen molar-refractivity contribution in [1.82, 2.24) is 10.6 Å². The molecule has 0 fully saturated rings. The minimum Gasteiger partial charge on any atom is -0.467 e. The number of methoxy groups -OCH3 is 1. The monoisotopic (exact) mass is 527 g/mol. The fraction of sp³-hybridized carbons (Fsp3) is 0.519. The molecular weight excluding hydrogens is 490 g/mol. The van der Waals surface area contributed by atoms with Crippen molar-refractivity contribution in [3.8, 4) is 0 Å². The minimum absolute atomic E-state index is 0.0163. The van der Waals surface area contributed by atoms with Crippen molar-refractivity contribution in [2.45, 2.75) is 57.6 Å². The second-order valence-electron chi connectivity index (χ2n) is 9.35. The molecule has 2 N–H and O–H groups in total. The molecule has 0 bridgehead atoms. The maximum atomic E-state index is 13.3. The van der Waals surface area contributed by atoms with Gasteiger partial charge in [0.1, 0.15) is 12.1 Å². The van der Waals surface area contributed by atoms with Gasteiger partial charge in [-0.15, -0.1) is 6.58 Å². The maximum absolute atomic E-state index is 13.3. The normalized spacial score (nSPS) is 20.1. The number of azide groups is 1. The summed E-state index contributed by atoms with van der Waals surface area (Å²) in [4.78, 5) is 41.4. The standard InChI is InChI=1S/C27H37N5O6/c1-5-13-37-27-20(11-12-21(38-27)17-29-32-28)16-24(33)30-22(15-19-9-7-6-8-10-19)25(34)31-23(14-18(2)3)26(35)36-4/h5-12,18,20-23,27H,1,13-17H2,2-4H3,(H,30,33)(H,31,34)/t20-,21+,22+,23+,27+/m1/s1. The van der Waals surface area contributed by atoms with E-state index in [-0.39, 0.29) is 31.9 Å². The average Bonchev–Trinajstić information content (AvgIpc) is 2.90. The topological polar surface area (TPSA) is 152 Å². The molecule has 1 aromatic carbocycles. The smallest absolute Gasteiger partial charge is 0.328 e. The van der Waals surface area contributed by atoms with E-state index in [9.17, 15) is 14.4 Å². The predicted molar refractivity (Wildman–Crippen MR) is 142 cm³/mol. The Hall–Kier alpha value is -3.66. The number of benzene rings is 1. The first-order valence-corrected chi connectivity index (χ1v) is 12.6. The van der Waals surface area contributed by atoms with E-state index in [1.165, 1.54) is 7.11 Å². The molecule has 0 saturated heterocycles. The number of esters is 1. The van der Waals surface area contributed by atoms with Crippen molar-refractivity contribution in [3.05, 3.63) is 71.1 Å². The highest BCUT2D eigenvalue weighted by Crippen LogP contribution is 2.24. The summed E-state index contributed by atoms with van der Waals surface area (Å²) < 4.78 is 16.4. The zero-order valence-corrected chi connectivity index (χ0v) is 22.1. The molecule has 38 heavy (non-hydrogen) atoms. The van der Waals surface area contributed by atoms with Crippen molar-refractivity contribution < 1.29 is 28.6 Å². The minimum atomic E-state index is -0.928. The summed E-state index contributed by atoms with van der Waals surface area (Å²) in [7, 11) is 1.27. The van der Waals surface area contributed by atoms with E-state index in [1.807, 2.05) is 44.2 Å². The number of nitrogens with zero attached hydrogens (tertiary/aromatic N) is 3. The van der Waals surface area contributed by atoms with Gasteiger partial charge < -0.3 is 24.8 Å². The highest BCUT2D eigenvalue weighted by atomic mass is 16.7. The quantitative estimate of drug-likeness (QED) is 0.117. The Morgan fingerprint density at radius 1 is 1.18 bits per heavy atom. The zero-order valence-electron chi connectivity index (χ0n) is 22.1. The first kappa shape index (κ1) is 30.6. The number of hydrogen-bond acceptors (Lipinski definition) is 7. The second kappa shape index (κ2) is 16.2. The van der Waals surface area contributed by atoms with Crippen LogP contribution in [0.5, 0.6) is 0 Å². The SMILES string of the molecule is C=CCO[C@H]1O[C@H](CN=[N+]=[N-])C=C[C@@H]1CC(=O)N[C@@H](Cc1ccccc1)C(=O)N[C@@H](CC(C)C)C(=O)OC. The van der Waals surface area contributed by atoms with Gasteiger partial charge in [-0.25, -0.2) is 4.79 Å². The van der Waals surface area contributed by atoms with E-state index >= 15 is 0 Å². The van der Waals surface area contributed by atoms with Crippen LogP contribution in [0.4, 0.5) is 0 Å². The second-order valence-corrected chi connectivity index (χ2v) is 9.35. The molecule has 1 aromatic rings. The summed E-state index contributed by atoms with van der Waals surface area (Å²) in [6, 6.07) is 7.52. The van der Waals surface area contributed by atoms with Crippen LogP contribution in [0.3, 0.4) is 0 Å². The van der Waals surface area contributed by atoms with E-state index < -0.39 is 48.2 Å². The molecule has 5 atom stereocenters. The molecule has 206 valence electrons. The van der Waals surface area contributed by atoms with Crippen LogP contribution in [0.25, 0.3) is 10.4 Å². The molecule has 1 aliphatic heterocycles. The first-order valence-electron chi connectivity index (χ1n) is 12.6. The molecule has 2 rings (SSSR count). The molecule has 1 heterocycles. The van der Waals surface area contributed by atoms with Crippen LogP contribution < -0.4 is 10.6 Å². The summed E-state index contributed by atoms with van der Waals surface area (Å²) in [5.74, 6) is -1.73. The van der Waals surface area contributed by atoms with Crippen molar-refractivity contribution in [2.24, 2.45) is 17.0 Å². The van der Waals surface area contributed by atoms with Gasteiger partial charge in [-0.3, -0.25) is 9.59 Å². The molecule has 0 radical (unpaired) electrons. The van der Waals surface area contributed by atoms with E-state index in [1.54, 1.807) is 18.2 Å². The lowest BCUT2D eigenvalue weighted by Gasteiger charge is -2.31. The van der Waals surface area contributed by atoms with Crippen LogP contribution in [0.2, 0.25) is 0 Å². The Morgan fingerprint density at radius 2 is 1.92 bits per heavy atom. The van der Waals surface area contributed by atoms with Gasteiger partial charge in [0.2, 0.25) is 11.8 Å². The van der Waals surface area contributed by atoms with Crippen LogP contribution in [0.15, 0.2) is 60.3 Å². The zero-order chi connectivity index (χ0) is 27.9. The van der Waals surface area contributed by atoms with Gasteiger partial charge in [0.15, 0.2) is 6.29 Å². The van der Waals surface area contributed by atoms with Crippen molar-refractivity contribution >= 4 is 17.8 Å². The molecule has 1 aliphatic rings. The number of carbonyl (C=O) groups is 3. The first-order chi connectivity index (χ1) is 18.3. The summed E-state index contributed by atoms with van der Waals surface area (Å²) in [6.07, 6.45) is 4.45. The Kier molecular flexibility index (Phi) is 13.1. The summed E-state index contributed by atoms with van der Waals surface area (Å²) in [5, 5.41) is 9.09. The largest absolute Gasteiger partial charge is 0.467 e. The number of nitrogens with one attached hydrogen (secondary N) is 2.